The van der Waals surface area contributed by atoms with Crippen LogP contribution >= 0.6 is 0 Å². The maximum absolute atomic E-state index is 2.34. The standard InChI is InChI=1S/C48H36N2/c1-5-17-37(18-6-1)39-21-13-29-45(33-39)49(43-25-9-3-10-26-43)47-31-15-23-41(35-47)42-24-16-32-48(36-42)50(44-27-11-4-12-28-44)46-30-14-22-40(34-46)38-19-7-2-8-20-38/h1-36H. The van der Waals surface area contributed by atoms with Crippen molar-refractivity contribution >= 4 is 34.1 Å². The molecule has 0 fully saturated rings. The molecule has 0 saturated carbocycles. The van der Waals surface area contributed by atoms with E-state index in [9.17, 15) is 0 Å². The van der Waals surface area contributed by atoms with Gasteiger partial charge < -0.3 is 9.80 Å². The maximum Gasteiger partial charge on any atom is 0.0467 e. The quantitative estimate of drug-likeness (QED) is 0.155. The van der Waals surface area contributed by atoms with Gasteiger partial charge in [0.25, 0.3) is 0 Å². The van der Waals surface area contributed by atoms with Gasteiger partial charge in [-0.3, -0.25) is 0 Å². The number of nitrogens with zero attached hydrogens (tertiary/aromatic N) is 2. The van der Waals surface area contributed by atoms with Gasteiger partial charge in [-0.2, -0.15) is 0 Å². The van der Waals surface area contributed by atoms with E-state index in [0.29, 0.717) is 0 Å². The van der Waals surface area contributed by atoms with Crippen LogP contribution in [-0.4, -0.2) is 0 Å². The van der Waals surface area contributed by atoms with Crippen molar-refractivity contribution in [3.05, 3.63) is 218 Å². The second-order valence-electron chi connectivity index (χ2n) is 12.3. The molecule has 8 rings (SSSR count). The second kappa shape index (κ2) is 14.2. The van der Waals surface area contributed by atoms with Crippen molar-refractivity contribution in [2.45, 2.75) is 0 Å². The molecule has 2 nitrogen and oxygen atoms in total. The summed E-state index contributed by atoms with van der Waals surface area (Å²) in [4.78, 5) is 4.68. The molecule has 0 heterocycles. The lowest BCUT2D eigenvalue weighted by atomic mass is 10.0. The fourth-order valence-electron chi connectivity index (χ4n) is 6.61. The molecular weight excluding hydrogens is 605 g/mol. The van der Waals surface area contributed by atoms with Gasteiger partial charge in [-0.05, 0) is 106 Å². The zero-order valence-electron chi connectivity index (χ0n) is 27.7. The van der Waals surface area contributed by atoms with Gasteiger partial charge in [0.15, 0.2) is 0 Å². The summed E-state index contributed by atoms with van der Waals surface area (Å²) < 4.78 is 0. The zero-order chi connectivity index (χ0) is 33.5. The van der Waals surface area contributed by atoms with Crippen molar-refractivity contribution < 1.29 is 0 Å². The largest absolute Gasteiger partial charge is 0.310 e. The monoisotopic (exact) mass is 640 g/mol. The SMILES string of the molecule is c1ccc(-c2cccc(N(c3ccccc3)c3cccc(-c4cccc(N(c5ccccc5)c5cccc(-c6ccccc6)c5)c4)c3)c2)cc1. The zero-order valence-corrected chi connectivity index (χ0v) is 27.7. The highest BCUT2D eigenvalue weighted by Crippen LogP contribution is 2.41. The highest BCUT2D eigenvalue weighted by molar-refractivity contribution is 5.85. The minimum atomic E-state index is 1.10. The van der Waals surface area contributed by atoms with Crippen molar-refractivity contribution in [2.75, 3.05) is 9.80 Å². The Labute approximate surface area is 294 Å². The molecule has 238 valence electrons. The van der Waals surface area contributed by atoms with Crippen LogP contribution in [0.3, 0.4) is 0 Å². The Balaban J connectivity index is 1.20. The Morgan fingerprint density at radius 2 is 0.400 bits per heavy atom. The first kappa shape index (κ1) is 30.7. The molecule has 0 unspecified atom stereocenters. The van der Waals surface area contributed by atoms with Gasteiger partial charge in [0.2, 0.25) is 0 Å². The van der Waals surface area contributed by atoms with E-state index in [1.807, 2.05) is 0 Å². The Kier molecular flexibility index (Phi) is 8.73. The van der Waals surface area contributed by atoms with Crippen LogP contribution in [0.15, 0.2) is 218 Å². The predicted octanol–water partition coefficient (Wildman–Crippen LogP) is 13.6. The molecule has 0 aliphatic rings. The molecule has 0 radical (unpaired) electrons. The molecule has 0 spiro atoms. The van der Waals surface area contributed by atoms with E-state index in [4.69, 9.17) is 0 Å². The molecular formula is C48H36N2. The van der Waals surface area contributed by atoms with E-state index in [-0.39, 0.29) is 0 Å². The van der Waals surface area contributed by atoms with Crippen LogP contribution in [0.1, 0.15) is 0 Å². The fourth-order valence-corrected chi connectivity index (χ4v) is 6.61. The molecule has 0 aliphatic heterocycles. The van der Waals surface area contributed by atoms with E-state index < -0.39 is 0 Å². The molecule has 0 N–H and O–H groups in total. The van der Waals surface area contributed by atoms with Crippen LogP contribution in [0, 0.1) is 0 Å². The molecule has 0 bridgehead atoms. The van der Waals surface area contributed by atoms with Crippen LogP contribution in [0.2, 0.25) is 0 Å². The highest BCUT2D eigenvalue weighted by Gasteiger charge is 2.17. The third-order valence-corrected chi connectivity index (χ3v) is 8.99. The summed E-state index contributed by atoms with van der Waals surface area (Å²) in [5, 5.41) is 0. The number of rotatable bonds is 9. The van der Waals surface area contributed by atoms with Gasteiger partial charge >= 0.3 is 0 Å². The van der Waals surface area contributed by atoms with Crippen molar-refractivity contribution in [3.63, 3.8) is 0 Å². The number of hydrogen-bond acceptors (Lipinski definition) is 2. The molecule has 8 aromatic rings. The number of anilines is 6. The van der Waals surface area contributed by atoms with Crippen LogP contribution < -0.4 is 9.80 Å². The van der Waals surface area contributed by atoms with Crippen LogP contribution in [-0.2, 0) is 0 Å². The van der Waals surface area contributed by atoms with Gasteiger partial charge in [-0.15, -0.1) is 0 Å². The van der Waals surface area contributed by atoms with Crippen molar-refractivity contribution in [3.8, 4) is 33.4 Å². The molecule has 50 heavy (non-hydrogen) atoms. The predicted molar refractivity (Wildman–Crippen MR) is 212 cm³/mol. The maximum atomic E-state index is 2.34. The third kappa shape index (κ3) is 6.56. The summed E-state index contributed by atoms with van der Waals surface area (Å²) in [5.41, 5.74) is 13.7. The lowest BCUT2D eigenvalue weighted by molar-refractivity contribution is 1.28. The molecule has 8 aromatic carbocycles. The average Bonchev–Trinajstić information content (AvgIpc) is 3.20. The lowest BCUT2D eigenvalue weighted by Crippen LogP contribution is -2.10. The summed E-state index contributed by atoms with van der Waals surface area (Å²) in [6, 6.07) is 77.6. The van der Waals surface area contributed by atoms with Crippen LogP contribution in [0.4, 0.5) is 34.1 Å². The normalized spacial score (nSPS) is 10.8. The summed E-state index contributed by atoms with van der Waals surface area (Å²) in [6.07, 6.45) is 0. The van der Waals surface area contributed by atoms with Crippen molar-refractivity contribution in [1.29, 1.82) is 0 Å². The fraction of sp³-hybridized carbons (Fsp3) is 0. The summed E-state index contributed by atoms with van der Waals surface area (Å²) in [6.45, 7) is 0. The summed E-state index contributed by atoms with van der Waals surface area (Å²) >= 11 is 0. The van der Waals surface area contributed by atoms with Gasteiger partial charge in [-0.25, -0.2) is 0 Å². The Morgan fingerprint density at radius 3 is 0.700 bits per heavy atom. The molecule has 2 heteroatoms. The number of hydrogen-bond donors (Lipinski definition) is 0. The van der Waals surface area contributed by atoms with Crippen LogP contribution in [0.25, 0.3) is 33.4 Å². The Morgan fingerprint density at radius 1 is 0.180 bits per heavy atom. The van der Waals surface area contributed by atoms with Crippen molar-refractivity contribution in [2.24, 2.45) is 0 Å². The third-order valence-electron chi connectivity index (χ3n) is 8.99. The highest BCUT2D eigenvalue weighted by atomic mass is 15.1. The first-order chi connectivity index (χ1) is 24.8. The van der Waals surface area contributed by atoms with E-state index in [0.717, 1.165) is 45.3 Å². The lowest BCUT2D eigenvalue weighted by Gasteiger charge is -2.27. The van der Waals surface area contributed by atoms with E-state index in [1.54, 1.807) is 0 Å². The molecule has 0 aliphatic carbocycles. The van der Waals surface area contributed by atoms with Crippen molar-refractivity contribution in [1.82, 2.24) is 0 Å². The summed E-state index contributed by atoms with van der Waals surface area (Å²) in [5.74, 6) is 0. The molecule has 0 aromatic heterocycles. The number of para-hydroxylation sites is 2. The number of benzene rings is 8. The first-order valence-corrected chi connectivity index (χ1v) is 17.0. The Bertz CT molecular complexity index is 2150. The van der Waals surface area contributed by atoms with E-state index in [2.05, 4.69) is 228 Å². The minimum Gasteiger partial charge on any atom is -0.310 e. The van der Waals surface area contributed by atoms with E-state index in [1.165, 1.54) is 22.3 Å². The van der Waals surface area contributed by atoms with Gasteiger partial charge in [0, 0.05) is 34.1 Å². The topological polar surface area (TPSA) is 6.48 Å². The van der Waals surface area contributed by atoms with E-state index >= 15 is 0 Å². The molecule has 0 saturated heterocycles. The second-order valence-corrected chi connectivity index (χ2v) is 12.3. The van der Waals surface area contributed by atoms with Gasteiger partial charge in [0.1, 0.15) is 0 Å². The first-order valence-electron chi connectivity index (χ1n) is 17.0. The molecule has 0 amide bonds. The molecule has 0 atom stereocenters. The minimum absolute atomic E-state index is 1.10. The van der Waals surface area contributed by atoms with Crippen LogP contribution in [0.5, 0.6) is 0 Å². The van der Waals surface area contributed by atoms with Gasteiger partial charge in [0.05, 0.1) is 0 Å². The summed E-state index contributed by atoms with van der Waals surface area (Å²) in [7, 11) is 0. The smallest absolute Gasteiger partial charge is 0.0467 e. The van der Waals surface area contributed by atoms with Gasteiger partial charge in [-0.1, -0.05) is 146 Å². The average molecular weight is 641 g/mol. The Hall–Kier alpha value is -6.64.